The van der Waals surface area contributed by atoms with E-state index in [9.17, 15) is 19.8 Å². The maximum absolute atomic E-state index is 13.4. The van der Waals surface area contributed by atoms with Crippen LogP contribution in [0.15, 0.2) is 24.8 Å². The van der Waals surface area contributed by atoms with Gasteiger partial charge in [-0.3, -0.25) is 24.2 Å². The van der Waals surface area contributed by atoms with Gasteiger partial charge in [-0.25, -0.2) is 0 Å². The SMILES string of the molecule is C.C.COC[C@]12CC[C@@H](O)C[C@@H]1CC[C@H]1[C@@H]3CC[C@H](C(=O)CBr)[C@@]3(C)CC[C@@H]12.COC[C@]12CC[C@@H](O)C[C@@H]1CC[C@H]1[C@@H]3CC[C@H](C(=O)Cn4cc(C)cn4)[C@@]3(C)CC[C@@H]12.Cc1cn[nH]c1.O=CO[O-].[H-].[K+].[K+]. The number of ether oxygens (including phenoxy) is 2. The Morgan fingerprint density at radius 1 is 0.746 bits per heavy atom. The fourth-order valence-corrected chi connectivity index (χ4v) is 17.8. The fourth-order valence-electron chi connectivity index (χ4n) is 17.4. The molecule has 0 amide bonds. The average molecular weight is 1110 g/mol. The summed E-state index contributed by atoms with van der Waals surface area (Å²) in [6, 6.07) is 0. The minimum Gasteiger partial charge on any atom is -1.00 e. The molecule has 0 unspecified atom stereocenters. The summed E-state index contributed by atoms with van der Waals surface area (Å²) in [6.07, 6.45) is 27.7. The van der Waals surface area contributed by atoms with E-state index in [0.29, 0.717) is 58.9 Å². The summed E-state index contributed by atoms with van der Waals surface area (Å²) >= 11 is 3.42. The summed E-state index contributed by atoms with van der Waals surface area (Å²) in [5, 5.41) is 40.3. The number of rotatable bonds is 10. The van der Waals surface area contributed by atoms with Crippen molar-refractivity contribution in [1.82, 2.24) is 20.0 Å². The van der Waals surface area contributed by atoms with Gasteiger partial charge in [-0.15, -0.1) is 0 Å². The van der Waals surface area contributed by atoms with Crippen LogP contribution in [0.3, 0.4) is 0 Å². The first-order chi connectivity index (χ1) is 32.1. The molecule has 8 aliphatic carbocycles. The molecule has 10 rings (SSSR count). The number of fused-ring (bicyclic) bond motifs is 10. The van der Waals surface area contributed by atoms with Crippen molar-refractivity contribution in [2.75, 3.05) is 32.8 Å². The number of aromatic amines is 1. The molecule has 0 radical (unpaired) electrons. The molecule has 0 aromatic carbocycles. The van der Waals surface area contributed by atoms with Crippen LogP contribution in [0.25, 0.3) is 0 Å². The Morgan fingerprint density at radius 3 is 1.59 bits per heavy atom. The molecule has 0 spiro atoms. The Kier molecular flexibility index (Phi) is 27.1. The van der Waals surface area contributed by atoms with E-state index >= 15 is 0 Å². The molecule has 8 saturated carbocycles. The second-order valence-electron chi connectivity index (χ2n) is 23.1. The van der Waals surface area contributed by atoms with E-state index in [1.165, 1.54) is 63.4 Å². The van der Waals surface area contributed by atoms with Crippen LogP contribution < -0.4 is 108 Å². The van der Waals surface area contributed by atoms with E-state index in [0.717, 1.165) is 88.4 Å². The quantitative estimate of drug-likeness (QED) is 0.104. The molecule has 16 heteroatoms. The third kappa shape index (κ3) is 13.8. The molecule has 2 aromatic rings. The van der Waals surface area contributed by atoms with Crippen LogP contribution in [0.2, 0.25) is 0 Å². The summed E-state index contributed by atoms with van der Waals surface area (Å²) in [6.45, 7) is 10.8. The van der Waals surface area contributed by atoms with Crippen molar-refractivity contribution in [2.45, 2.75) is 177 Å². The molecule has 0 aliphatic heterocycles. The van der Waals surface area contributed by atoms with E-state index < -0.39 is 0 Å². The van der Waals surface area contributed by atoms with E-state index in [4.69, 9.17) is 19.5 Å². The number of nitrogens with one attached hydrogen (secondary N) is 1. The standard InChI is InChI=1S/C26H40N2O3.C22H35BrO3.C4H6N2.CH2O3.2CH4.2K.H/c1-17-13-27-28(14-17)15-24(30)23-7-6-21-20-5-4-18-12-19(29)8-11-26(18,16-31-3)22(20)9-10-25(21,23)2;1-21-9-8-18-16(17(21)5-6-19(21)20(25)12-23)4-3-14-11-15(24)7-10-22(14,18)13-26-2;1-4-2-5-6-3-4;2-1-4-3;;;;;/h13-14,18-23,29H,4-12,15-16H2,1-3H3;14-19,24H,3-13H2,1-2H3;2-3H,1H3,(H,5,6);1,3H;2*1H4;;;/q;;;;;;2*+1;-1/p-1/t18-,19+,20-,21-,22-,23+,25-,26+;14-,15+,16-,17-,18-,19+,21-,22+;;;;;;;/m00......./s1. The number of aliphatic hydroxyl groups is 2. The Hall–Kier alpha value is 0.783. The van der Waals surface area contributed by atoms with Gasteiger partial charge in [0.25, 0.3) is 6.47 Å². The molecule has 71 heavy (non-hydrogen) atoms. The smallest absolute Gasteiger partial charge is 1.00 e. The number of carbonyl (C=O) groups excluding carboxylic acids is 3. The molecule has 13 nitrogen and oxygen atoms in total. The number of aliphatic hydroxyl groups excluding tert-OH is 2. The molecule has 8 fully saturated rings. The summed E-state index contributed by atoms with van der Waals surface area (Å²) in [4.78, 5) is 37.2. The van der Waals surface area contributed by atoms with Gasteiger partial charge < -0.3 is 31.3 Å². The van der Waals surface area contributed by atoms with Gasteiger partial charge in [-0.05, 0) is 210 Å². The van der Waals surface area contributed by atoms with Crippen molar-refractivity contribution in [3.05, 3.63) is 35.9 Å². The molecule has 2 aromatic heterocycles. The van der Waals surface area contributed by atoms with Crippen LogP contribution in [0.4, 0.5) is 0 Å². The number of methoxy groups -OCH3 is 2. The summed E-state index contributed by atoms with van der Waals surface area (Å²) in [5.74, 6) is 6.71. The van der Waals surface area contributed by atoms with Crippen molar-refractivity contribution in [2.24, 2.45) is 80.8 Å². The van der Waals surface area contributed by atoms with Crippen molar-refractivity contribution in [3.8, 4) is 0 Å². The zero-order valence-corrected chi connectivity index (χ0v) is 51.2. The number of halogens is 1. The minimum atomic E-state index is -0.181. The van der Waals surface area contributed by atoms with Gasteiger partial charge in [0.05, 0.1) is 49.7 Å². The third-order valence-corrected chi connectivity index (χ3v) is 20.7. The van der Waals surface area contributed by atoms with Crippen molar-refractivity contribution >= 4 is 34.0 Å². The Bertz CT molecular complexity index is 1950. The molecule has 2 heterocycles. The predicted octanol–water partition coefficient (Wildman–Crippen LogP) is 3.55. The second-order valence-corrected chi connectivity index (χ2v) is 23.7. The first kappa shape index (κ1) is 66.1. The topological polar surface area (TPSA) is 189 Å². The van der Waals surface area contributed by atoms with Gasteiger partial charge in [0.1, 0.15) is 5.78 Å². The van der Waals surface area contributed by atoms with E-state index in [-0.39, 0.29) is 171 Å². The predicted molar refractivity (Wildman–Crippen MR) is 271 cm³/mol. The summed E-state index contributed by atoms with van der Waals surface area (Å²) in [5.41, 5.74) is 3.15. The number of aromatic nitrogens is 4. The van der Waals surface area contributed by atoms with Crippen molar-refractivity contribution in [3.63, 3.8) is 0 Å². The average Bonchev–Trinajstić information content (AvgIpc) is 4.13. The number of hydrogen-bond acceptors (Lipinski definition) is 11. The van der Waals surface area contributed by atoms with E-state index in [1.807, 2.05) is 51.3 Å². The molecular formula is C55H91BrK2N4O9. The zero-order chi connectivity index (χ0) is 48.1. The Labute approximate surface area is 522 Å². The summed E-state index contributed by atoms with van der Waals surface area (Å²) < 4.78 is 13.5. The number of H-pyrrole nitrogens is 1. The molecule has 3 N–H and O–H groups in total. The van der Waals surface area contributed by atoms with Gasteiger partial charge in [-0.2, -0.15) is 10.2 Å². The minimum absolute atomic E-state index is 0. The number of alkyl halides is 1. The van der Waals surface area contributed by atoms with Crippen LogP contribution in [-0.2, 0) is 35.3 Å². The number of nitrogens with zero attached hydrogens (tertiary/aromatic N) is 3. The van der Waals surface area contributed by atoms with Gasteiger partial charge in [-0.1, -0.05) is 44.6 Å². The first-order valence-corrected chi connectivity index (χ1v) is 26.9. The Balaban J connectivity index is 0.000000394. The monoisotopic (exact) mass is 1110 g/mol. The van der Waals surface area contributed by atoms with Gasteiger partial charge in [0, 0.05) is 38.4 Å². The van der Waals surface area contributed by atoms with Crippen LogP contribution in [0, 0.1) is 94.7 Å². The van der Waals surface area contributed by atoms with Gasteiger partial charge in [0.2, 0.25) is 0 Å². The van der Waals surface area contributed by atoms with Gasteiger partial charge >= 0.3 is 103 Å². The number of hydrogen-bond donors (Lipinski definition) is 3. The second kappa shape index (κ2) is 29.1. The number of carbonyl (C=O) groups is 3. The van der Waals surface area contributed by atoms with Crippen LogP contribution in [0.5, 0.6) is 0 Å². The van der Waals surface area contributed by atoms with Crippen LogP contribution in [0.1, 0.15) is 157 Å². The normalized spacial score (nSPS) is 39.0. The van der Waals surface area contributed by atoms with Crippen molar-refractivity contribution < 1.29 is 148 Å². The molecule has 0 saturated heterocycles. The van der Waals surface area contributed by atoms with Gasteiger partial charge in [0.15, 0.2) is 5.78 Å². The van der Waals surface area contributed by atoms with Crippen LogP contribution >= 0.6 is 15.9 Å². The molecule has 16 atom stereocenters. The first-order valence-electron chi connectivity index (χ1n) is 25.8. The summed E-state index contributed by atoms with van der Waals surface area (Å²) in [7, 11) is 3.71. The van der Waals surface area contributed by atoms with E-state index in [2.05, 4.69) is 50.0 Å². The van der Waals surface area contributed by atoms with E-state index in [1.54, 1.807) is 6.20 Å². The molecular weight excluding hydrogens is 1020 g/mol. The maximum atomic E-state index is 13.4. The Morgan fingerprint density at radius 2 is 1.23 bits per heavy atom. The molecule has 0 bridgehead atoms. The third-order valence-electron chi connectivity index (χ3n) is 20.2. The number of Topliss-reactive ketones (excluding diaryl/α,β-unsaturated/α-hetero) is 2. The number of ketones is 2. The number of aryl methyl sites for hydroxylation is 2. The fraction of sp³-hybridized carbons (Fsp3) is 0.836. The van der Waals surface area contributed by atoms with Crippen molar-refractivity contribution in [1.29, 1.82) is 0 Å². The maximum Gasteiger partial charge on any atom is 1.00 e. The molecule has 8 aliphatic rings. The zero-order valence-electron chi connectivity index (χ0n) is 44.3. The molecule has 394 valence electrons. The van der Waals surface area contributed by atoms with Crippen LogP contribution in [-0.4, -0.2) is 93.2 Å². The largest absolute Gasteiger partial charge is 1.00 e.